The Morgan fingerprint density at radius 2 is 1.92 bits per heavy atom. The number of hydrogen-bond acceptors (Lipinski definition) is 4. The Bertz CT molecular complexity index is 741. The zero-order chi connectivity index (χ0) is 17.7. The van der Waals surface area contributed by atoms with Crippen molar-refractivity contribution in [2.45, 2.75) is 33.3 Å². The molecule has 1 atom stereocenters. The van der Waals surface area contributed by atoms with Crippen LogP contribution in [0.5, 0.6) is 5.75 Å². The fourth-order valence-electron chi connectivity index (χ4n) is 2.19. The summed E-state index contributed by atoms with van der Waals surface area (Å²) in [5, 5.41) is 13.6. The van der Waals surface area contributed by atoms with Gasteiger partial charge in [-0.15, -0.1) is 0 Å². The number of ether oxygens (including phenoxy) is 1. The minimum Gasteiger partial charge on any atom is -0.481 e. The van der Waals surface area contributed by atoms with E-state index in [1.54, 1.807) is 26.0 Å². The molecule has 0 aliphatic carbocycles. The monoisotopic (exact) mass is 328 g/mol. The Morgan fingerprint density at radius 3 is 2.50 bits per heavy atom. The summed E-state index contributed by atoms with van der Waals surface area (Å²) in [4.78, 5) is 22.7. The molecule has 0 saturated heterocycles. The summed E-state index contributed by atoms with van der Waals surface area (Å²) in [5.74, 6) is 0.234. The molecule has 6 heteroatoms. The number of amides is 1. The van der Waals surface area contributed by atoms with Crippen molar-refractivity contribution in [3.63, 3.8) is 0 Å². The van der Waals surface area contributed by atoms with Crippen LogP contribution in [0.25, 0.3) is 0 Å². The molecular formula is C18H20N2O4. The van der Waals surface area contributed by atoms with Crippen molar-refractivity contribution in [1.29, 1.82) is 0 Å². The van der Waals surface area contributed by atoms with E-state index < -0.39 is 11.0 Å². The van der Waals surface area contributed by atoms with Crippen LogP contribution in [0.15, 0.2) is 42.5 Å². The molecule has 24 heavy (non-hydrogen) atoms. The van der Waals surface area contributed by atoms with Crippen molar-refractivity contribution < 1.29 is 14.5 Å². The molecule has 0 radical (unpaired) electrons. The molecule has 0 spiro atoms. The number of nitrogens with one attached hydrogen (secondary N) is 1. The molecule has 0 bridgehead atoms. The van der Waals surface area contributed by atoms with Gasteiger partial charge in [0.1, 0.15) is 5.75 Å². The average molecular weight is 328 g/mol. The van der Waals surface area contributed by atoms with Crippen LogP contribution in [0.4, 0.5) is 11.4 Å². The number of benzene rings is 2. The van der Waals surface area contributed by atoms with Crippen LogP contribution >= 0.6 is 0 Å². The molecule has 6 nitrogen and oxygen atoms in total. The smallest absolute Gasteiger partial charge is 0.274 e. The molecule has 0 aromatic heterocycles. The lowest BCUT2D eigenvalue weighted by atomic mass is 10.1. The maximum absolute atomic E-state index is 12.2. The molecule has 2 rings (SSSR count). The molecule has 2 aromatic carbocycles. The number of nitro benzene ring substituents is 1. The summed E-state index contributed by atoms with van der Waals surface area (Å²) >= 11 is 0. The lowest BCUT2D eigenvalue weighted by molar-refractivity contribution is -0.385. The van der Waals surface area contributed by atoms with E-state index in [1.807, 2.05) is 24.3 Å². The molecule has 1 N–H and O–H groups in total. The third-order valence-corrected chi connectivity index (χ3v) is 3.69. The van der Waals surface area contributed by atoms with Gasteiger partial charge in [0.2, 0.25) is 0 Å². The number of anilines is 1. The average Bonchev–Trinajstić information content (AvgIpc) is 2.57. The Morgan fingerprint density at radius 1 is 1.25 bits per heavy atom. The predicted molar refractivity (Wildman–Crippen MR) is 92.4 cm³/mol. The molecule has 0 heterocycles. The van der Waals surface area contributed by atoms with E-state index in [4.69, 9.17) is 4.74 Å². The summed E-state index contributed by atoms with van der Waals surface area (Å²) in [5.41, 5.74) is 2.07. The van der Waals surface area contributed by atoms with Crippen LogP contribution in [0.2, 0.25) is 0 Å². The molecule has 0 aliphatic rings. The van der Waals surface area contributed by atoms with Crippen molar-refractivity contribution in [3.8, 4) is 5.75 Å². The van der Waals surface area contributed by atoms with Crippen molar-refractivity contribution in [3.05, 3.63) is 63.7 Å². The van der Waals surface area contributed by atoms with Crippen LogP contribution in [0.1, 0.15) is 25.0 Å². The van der Waals surface area contributed by atoms with Gasteiger partial charge in [-0.25, -0.2) is 0 Å². The van der Waals surface area contributed by atoms with E-state index in [0.717, 1.165) is 6.42 Å². The van der Waals surface area contributed by atoms with E-state index >= 15 is 0 Å². The van der Waals surface area contributed by atoms with E-state index in [0.29, 0.717) is 17.0 Å². The first-order chi connectivity index (χ1) is 11.4. The van der Waals surface area contributed by atoms with Gasteiger partial charge in [0.05, 0.1) is 4.92 Å². The van der Waals surface area contributed by atoms with Crippen molar-refractivity contribution in [2.24, 2.45) is 0 Å². The summed E-state index contributed by atoms with van der Waals surface area (Å²) in [6.45, 7) is 5.34. The van der Waals surface area contributed by atoms with Gasteiger partial charge in [0.15, 0.2) is 6.10 Å². The number of rotatable bonds is 6. The first-order valence-electron chi connectivity index (χ1n) is 7.72. The summed E-state index contributed by atoms with van der Waals surface area (Å²) in [6, 6.07) is 12.1. The molecular weight excluding hydrogens is 308 g/mol. The summed E-state index contributed by atoms with van der Waals surface area (Å²) < 4.78 is 5.60. The van der Waals surface area contributed by atoms with Crippen LogP contribution in [-0.4, -0.2) is 16.9 Å². The Hall–Kier alpha value is -2.89. The number of carbonyl (C=O) groups excluding carboxylic acids is 1. The van der Waals surface area contributed by atoms with Gasteiger partial charge in [0.25, 0.3) is 11.6 Å². The highest BCUT2D eigenvalue weighted by atomic mass is 16.6. The number of carbonyl (C=O) groups is 1. The molecule has 2 aromatic rings. The Labute approximate surface area is 140 Å². The van der Waals surface area contributed by atoms with Crippen LogP contribution < -0.4 is 10.1 Å². The molecule has 126 valence electrons. The van der Waals surface area contributed by atoms with Crippen LogP contribution in [-0.2, 0) is 11.2 Å². The minimum atomic E-state index is -0.724. The SMILES string of the molecule is CCc1ccc(OC(C)C(=O)Nc2ccc(C)c([N+](=O)[O-])c2)cc1. The van der Waals surface area contributed by atoms with E-state index in [9.17, 15) is 14.9 Å². The quantitative estimate of drug-likeness (QED) is 0.644. The van der Waals surface area contributed by atoms with Gasteiger partial charge in [-0.05, 0) is 44.0 Å². The van der Waals surface area contributed by atoms with E-state index in [-0.39, 0.29) is 11.6 Å². The standard InChI is InChI=1S/C18H20N2O4/c1-4-14-6-9-16(10-7-14)24-13(3)18(21)19-15-8-5-12(2)17(11-15)20(22)23/h5-11,13H,4H2,1-3H3,(H,19,21). The van der Waals surface area contributed by atoms with E-state index in [1.165, 1.54) is 11.6 Å². The van der Waals surface area contributed by atoms with E-state index in [2.05, 4.69) is 12.2 Å². The largest absolute Gasteiger partial charge is 0.481 e. The first-order valence-corrected chi connectivity index (χ1v) is 7.72. The number of nitro groups is 1. The van der Waals surface area contributed by atoms with Gasteiger partial charge in [-0.3, -0.25) is 14.9 Å². The fourth-order valence-corrected chi connectivity index (χ4v) is 2.19. The molecule has 0 saturated carbocycles. The zero-order valence-electron chi connectivity index (χ0n) is 13.9. The maximum Gasteiger partial charge on any atom is 0.274 e. The third-order valence-electron chi connectivity index (χ3n) is 3.69. The predicted octanol–water partition coefficient (Wildman–Crippen LogP) is 3.87. The third kappa shape index (κ3) is 4.32. The van der Waals surface area contributed by atoms with Crippen LogP contribution in [0.3, 0.4) is 0 Å². The lowest BCUT2D eigenvalue weighted by Gasteiger charge is -2.15. The summed E-state index contributed by atoms with van der Waals surface area (Å²) in [6.07, 6.45) is 0.209. The molecule has 1 amide bonds. The van der Waals surface area contributed by atoms with Gasteiger partial charge in [-0.1, -0.05) is 25.1 Å². The fraction of sp³-hybridized carbons (Fsp3) is 0.278. The summed E-state index contributed by atoms with van der Waals surface area (Å²) in [7, 11) is 0. The first kappa shape index (κ1) is 17.5. The minimum absolute atomic E-state index is 0.0310. The second-order valence-corrected chi connectivity index (χ2v) is 5.51. The number of aryl methyl sites for hydroxylation is 2. The van der Waals surface area contributed by atoms with Gasteiger partial charge < -0.3 is 10.1 Å². The maximum atomic E-state index is 12.2. The molecule has 1 unspecified atom stereocenters. The van der Waals surface area contributed by atoms with Crippen LogP contribution in [0, 0.1) is 17.0 Å². The van der Waals surface area contributed by atoms with Gasteiger partial charge >= 0.3 is 0 Å². The topological polar surface area (TPSA) is 81.5 Å². The highest BCUT2D eigenvalue weighted by Gasteiger charge is 2.17. The van der Waals surface area contributed by atoms with Gasteiger partial charge in [0, 0.05) is 17.3 Å². The number of hydrogen-bond donors (Lipinski definition) is 1. The zero-order valence-corrected chi connectivity index (χ0v) is 13.9. The Kier molecular flexibility index (Phi) is 5.52. The Balaban J connectivity index is 2.03. The highest BCUT2D eigenvalue weighted by Crippen LogP contribution is 2.22. The van der Waals surface area contributed by atoms with Gasteiger partial charge in [-0.2, -0.15) is 0 Å². The molecule has 0 fully saturated rings. The second kappa shape index (κ2) is 7.59. The van der Waals surface area contributed by atoms with Crippen molar-refractivity contribution in [2.75, 3.05) is 5.32 Å². The highest BCUT2D eigenvalue weighted by molar-refractivity contribution is 5.94. The second-order valence-electron chi connectivity index (χ2n) is 5.51. The normalized spacial score (nSPS) is 11.6. The lowest BCUT2D eigenvalue weighted by Crippen LogP contribution is -2.30. The van der Waals surface area contributed by atoms with Crippen molar-refractivity contribution >= 4 is 17.3 Å². The molecule has 0 aliphatic heterocycles. The number of nitrogens with zero attached hydrogens (tertiary/aromatic N) is 1. The van der Waals surface area contributed by atoms with Crippen molar-refractivity contribution in [1.82, 2.24) is 0 Å².